The number of aryl methyl sites for hydroxylation is 1. The van der Waals surface area contributed by atoms with Gasteiger partial charge in [0, 0.05) is 5.39 Å². The highest BCUT2D eigenvalue weighted by molar-refractivity contribution is 5.92. The van der Waals surface area contributed by atoms with E-state index in [1.54, 1.807) is 7.11 Å². The molecule has 2 nitrogen and oxygen atoms in total. The average molecular weight is 202 g/mol. The summed E-state index contributed by atoms with van der Waals surface area (Å²) in [7, 11) is 1.67. The molecule has 78 valence electrons. The van der Waals surface area contributed by atoms with Crippen LogP contribution in [0.3, 0.4) is 0 Å². The summed E-state index contributed by atoms with van der Waals surface area (Å²) in [6.45, 7) is 2.05. The lowest BCUT2D eigenvalue weighted by molar-refractivity contribution is 0.283. The van der Waals surface area contributed by atoms with Crippen LogP contribution in [0.1, 0.15) is 11.1 Å². The third-order valence-electron chi connectivity index (χ3n) is 2.64. The van der Waals surface area contributed by atoms with Crippen LogP contribution in [0.5, 0.6) is 5.75 Å². The molecule has 0 atom stereocenters. The molecule has 2 rings (SSSR count). The standard InChI is InChI=1S/C13H14O2/c1-9-7-10(8-14)11-5-3-4-6-12(11)13(9)15-2/h3-7,14H,8H2,1-2H3. The Morgan fingerprint density at radius 2 is 1.87 bits per heavy atom. The maximum Gasteiger partial charge on any atom is 0.129 e. The maximum atomic E-state index is 9.28. The van der Waals surface area contributed by atoms with Crippen LogP contribution in [0, 0.1) is 6.92 Å². The summed E-state index contributed by atoms with van der Waals surface area (Å²) in [6, 6.07) is 9.94. The summed E-state index contributed by atoms with van der Waals surface area (Å²) in [5.74, 6) is 0.891. The minimum atomic E-state index is 0.0609. The minimum absolute atomic E-state index is 0.0609. The number of hydrogen-bond acceptors (Lipinski definition) is 2. The first-order valence-corrected chi connectivity index (χ1v) is 4.94. The Balaban J connectivity index is 2.86. The second-order valence-corrected chi connectivity index (χ2v) is 3.59. The molecule has 2 heteroatoms. The van der Waals surface area contributed by atoms with Gasteiger partial charge in [-0.15, -0.1) is 0 Å². The lowest BCUT2D eigenvalue weighted by atomic mass is 10.0. The van der Waals surface area contributed by atoms with E-state index in [1.165, 1.54) is 0 Å². The number of methoxy groups -OCH3 is 1. The van der Waals surface area contributed by atoms with Crippen LogP contribution in [-0.4, -0.2) is 12.2 Å². The molecule has 2 aromatic carbocycles. The van der Waals surface area contributed by atoms with Gasteiger partial charge in [-0.25, -0.2) is 0 Å². The zero-order valence-electron chi connectivity index (χ0n) is 8.95. The van der Waals surface area contributed by atoms with Gasteiger partial charge in [0.2, 0.25) is 0 Å². The highest BCUT2D eigenvalue weighted by atomic mass is 16.5. The highest BCUT2D eigenvalue weighted by Crippen LogP contribution is 2.31. The summed E-state index contributed by atoms with van der Waals surface area (Å²) in [5, 5.41) is 11.4. The van der Waals surface area contributed by atoms with Crippen molar-refractivity contribution in [3.05, 3.63) is 41.5 Å². The normalized spacial score (nSPS) is 10.6. The number of rotatable bonds is 2. The van der Waals surface area contributed by atoms with E-state index in [-0.39, 0.29) is 6.61 Å². The molecule has 2 aromatic rings. The van der Waals surface area contributed by atoms with Crippen molar-refractivity contribution in [2.24, 2.45) is 0 Å². The fourth-order valence-corrected chi connectivity index (χ4v) is 1.98. The van der Waals surface area contributed by atoms with Crippen molar-refractivity contribution in [2.45, 2.75) is 13.5 Å². The van der Waals surface area contributed by atoms with Crippen LogP contribution in [0.2, 0.25) is 0 Å². The van der Waals surface area contributed by atoms with Gasteiger partial charge < -0.3 is 9.84 Å². The van der Waals surface area contributed by atoms with Crippen molar-refractivity contribution in [3.63, 3.8) is 0 Å². The minimum Gasteiger partial charge on any atom is -0.496 e. The molecule has 0 aliphatic carbocycles. The molecule has 0 radical (unpaired) electrons. The van der Waals surface area contributed by atoms with E-state index in [2.05, 4.69) is 0 Å². The molecule has 15 heavy (non-hydrogen) atoms. The maximum absolute atomic E-state index is 9.28. The SMILES string of the molecule is COc1c(C)cc(CO)c2ccccc12. The van der Waals surface area contributed by atoms with E-state index in [4.69, 9.17) is 4.74 Å². The average Bonchev–Trinajstić information content (AvgIpc) is 2.28. The number of fused-ring (bicyclic) bond motifs is 1. The number of ether oxygens (including phenoxy) is 1. The number of aliphatic hydroxyl groups excluding tert-OH is 1. The van der Waals surface area contributed by atoms with Gasteiger partial charge in [0.15, 0.2) is 0 Å². The molecular weight excluding hydrogens is 188 g/mol. The smallest absolute Gasteiger partial charge is 0.129 e. The lowest BCUT2D eigenvalue weighted by Crippen LogP contribution is -1.93. The molecule has 0 spiro atoms. The van der Waals surface area contributed by atoms with Crippen molar-refractivity contribution < 1.29 is 9.84 Å². The van der Waals surface area contributed by atoms with Gasteiger partial charge in [0.05, 0.1) is 13.7 Å². The topological polar surface area (TPSA) is 29.5 Å². The Hall–Kier alpha value is -1.54. The molecule has 0 unspecified atom stereocenters. The van der Waals surface area contributed by atoms with E-state index in [9.17, 15) is 5.11 Å². The summed E-state index contributed by atoms with van der Waals surface area (Å²) in [4.78, 5) is 0. The third-order valence-corrected chi connectivity index (χ3v) is 2.64. The Morgan fingerprint density at radius 3 is 2.47 bits per heavy atom. The predicted octanol–water partition coefficient (Wildman–Crippen LogP) is 2.65. The van der Waals surface area contributed by atoms with Crippen molar-refractivity contribution in [3.8, 4) is 5.75 Å². The largest absolute Gasteiger partial charge is 0.496 e. The molecule has 0 aliphatic heterocycles. The molecule has 0 amide bonds. The van der Waals surface area contributed by atoms with Gasteiger partial charge in [-0.1, -0.05) is 24.3 Å². The van der Waals surface area contributed by atoms with Crippen molar-refractivity contribution in [1.82, 2.24) is 0 Å². The van der Waals surface area contributed by atoms with Crippen LogP contribution in [0.15, 0.2) is 30.3 Å². The molecule has 0 aromatic heterocycles. The Kier molecular flexibility index (Phi) is 2.60. The summed E-state index contributed by atoms with van der Waals surface area (Å²) >= 11 is 0. The van der Waals surface area contributed by atoms with Crippen molar-refractivity contribution >= 4 is 10.8 Å². The first kappa shape index (κ1) is 9.99. The number of aliphatic hydroxyl groups is 1. The molecule has 0 fully saturated rings. The fraction of sp³-hybridized carbons (Fsp3) is 0.231. The fourth-order valence-electron chi connectivity index (χ4n) is 1.98. The van der Waals surface area contributed by atoms with Gasteiger partial charge in [-0.2, -0.15) is 0 Å². The monoisotopic (exact) mass is 202 g/mol. The summed E-state index contributed by atoms with van der Waals surface area (Å²) in [5.41, 5.74) is 2.00. The molecule has 0 bridgehead atoms. The predicted molar refractivity (Wildman–Crippen MR) is 61.2 cm³/mol. The Morgan fingerprint density at radius 1 is 1.20 bits per heavy atom. The van der Waals surface area contributed by atoms with Crippen LogP contribution in [0.25, 0.3) is 10.8 Å². The van der Waals surface area contributed by atoms with Gasteiger partial charge >= 0.3 is 0 Å². The lowest BCUT2D eigenvalue weighted by Gasteiger charge is -2.12. The van der Waals surface area contributed by atoms with Crippen molar-refractivity contribution in [2.75, 3.05) is 7.11 Å². The third kappa shape index (κ3) is 1.57. The van der Waals surface area contributed by atoms with E-state index >= 15 is 0 Å². The Labute approximate surface area is 89.1 Å². The van der Waals surface area contributed by atoms with Crippen LogP contribution in [-0.2, 0) is 6.61 Å². The quantitative estimate of drug-likeness (QED) is 0.811. The van der Waals surface area contributed by atoms with Crippen LogP contribution < -0.4 is 4.74 Å². The van der Waals surface area contributed by atoms with E-state index in [0.717, 1.165) is 27.6 Å². The molecular formula is C13H14O2. The zero-order chi connectivity index (χ0) is 10.8. The molecule has 1 N–H and O–H groups in total. The summed E-state index contributed by atoms with van der Waals surface area (Å²) in [6.07, 6.45) is 0. The summed E-state index contributed by atoms with van der Waals surface area (Å²) < 4.78 is 5.38. The second-order valence-electron chi connectivity index (χ2n) is 3.59. The van der Waals surface area contributed by atoms with Gasteiger partial charge in [0.1, 0.15) is 5.75 Å². The first-order valence-electron chi connectivity index (χ1n) is 4.94. The Bertz CT molecular complexity index is 489. The number of benzene rings is 2. The van der Waals surface area contributed by atoms with E-state index < -0.39 is 0 Å². The van der Waals surface area contributed by atoms with Gasteiger partial charge in [-0.05, 0) is 29.5 Å². The molecule has 0 aliphatic rings. The van der Waals surface area contributed by atoms with Gasteiger partial charge in [-0.3, -0.25) is 0 Å². The molecule has 0 saturated heterocycles. The molecule has 0 heterocycles. The zero-order valence-corrected chi connectivity index (χ0v) is 8.95. The van der Waals surface area contributed by atoms with Gasteiger partial charge in [0.25, 0.3) is 0 Å². The second kappa shape index (κ2) is 3.91. The van der Waals surface area contributed by atoms with Crippen molar-refractivity contribution in [1.29, 1.82) is 0 Å². The van der Waals surface area contributed by atoms with E-state index in [0.29, 0.717) is 0 Å². The van der Waals surface area contributed by atoms with E-state index in [1.807, 2.05) is 37.3 Å². The first-order chi connectivity index (χ1) is 7.27. The van der Waals surface area contributed by atoms with Crippen LogP contribution in [0.4, 0.5) is 0 Å². The number of hydrogen-bond donors (Lipinski definition) is 1. The molecule has 0 saturated carbocycles. The highest BCUT2D eigenvalue weighted by Gasteiger charge is 2.08. The van der Waals surface area contributed by atoms with Crippen LogP contribution >= 0.6 is 0 Å².